The fourth-order valence-corrected chi connectivity index (χ4v) is 7.89. The first-order valence-electron chi connectivity index (χ1n) is 4.28. The number of halogens is 1. The molecule has 0 spiro atoms. The smallest absolute Gasteiger partial charge is 0.313 e. The summed E-state index contributed by atoms with van der Waals surface area (Å²) in [6.45, 7) is 4.43. The van der Waals surface area contributed by atoms with Crippen LogP contribution in [0, 0.1) is 0 Å². The van der Waals surface area contributed by atoms with E-state index in [0.717, 1.165) is 12.2 Å². The van der Waals surface area contributed by atoms with Gasteiger partial charge < -0.3 is 4.52 Å². The minimum atomic E-state index is -2.50. The van der Waals surface area contributed by atoms with Crippen molar-refractivity contribution in [2.45, 2.75) is 20.3 Å². The second-order valence-corrected chi connectivity index (χ2v) is 10.2. The molecule has 0 aliphatic heterocycles. The summed E-state index contributed by atoms with van der Waals surface area (Å²) >= 11 is 8.31. The Morgan fingerprint density at radius 3 is 2.38 bits per heavy atom. The monoisotopic (exact) mass is 262 g/mol. The quantitative estimate of drug-likeness (QED) is 0.483. The zero-order valence-corrected chi connectivity index (χ0v) is 11.3. The van der Waals surface area contributed by atoms with E-state index in [-0.39, 0.29) is 0 Å². The Kier molecular flexibility index (Phi) is 9.26. The summed E-state index contributed by atoms with van der Waals surface area (Å²) in [7, 11) is 0. The van der Waals surface area contributed by atoms with Crippen molar-refractivity contribution in [1.29, 1.82) is 0 Å². The van der Waals surface area contributed by atoms with E-state index in [1.54, 1.807) is 0 Å². The summed E-state index contributed by atoms with van der Waals surface area (Å²) in [5.74, 6) is -0.410. The van der Waals surface area contributed by atoms with Crippen molar-refractivity contribution in [3.63, 3.8) is 0 Å². The molecule has 0 N–H and O–H groups in total. The van der Waals surface area contributed by atoms with Crippen LogP contribution in [0.25, 0.3) is 0 Å². The second-order valence-electron chi connectivity index (χ2n) is 2.22. The van der Waals surface area contributed by atoms with Crippen LogP contribution in [-0.4, -0.2) is 24.0 Å². The standard InChI is InChI=1S/C7H16ClO2PS2/c1-3-6-12-11(9,10-4-2)13-7-5-8/h3-7H2,1-2H3. The first-order valence-corrected chi connectivity index (χ1v) is 9.62. The van der Waals surface area contributed by atoms with Crippen LogP contribution in [0.15, 0.2) is 0 Å². The van der Waals surface area contributed by atoms with E-state index in [4.69, 9.17) is 16.1 Å². The van der Waals surface area contributed by atoms with Gasteiger partial charge in [0.15, 0.2) is 0 Å². The number of hydrogen-bond donors (Lipinski definition) is 0. The highest BCUT2D eigenvalue weighted by atomic mass is 35.5. The van der Waals surface area contributed by atoms with Gasteiger partial charge in [-0.15, -0.1) is 11.6 Å². The molecule has 2 nitrogen and oxygen atoms in total. The van der Waals surface area contributed by atoms with Gasteiger partial charge in [-0.3, -0.25) is 4.57 Å². The lowest BCUT2D eigenvalue weighted by Crippen LogP contribution is -1.87. The third-order valence-electron chi connectivity index (χ3n) is 1.07. The average Bonchev–Trinajstić information content (AvgIpc) is 2.12. The maximum atomic E-state index is 12.0. The van der Waals surface area contributed by atoms with Crippen molar-refractivity contribution in [2.75, 3.05) is 24.0 Å². The van der Waals surface area contributed by atoms with E-state index >= 15 is 0 Å². The molecule has 0 fully saturated rings. The van der Waals surface area contributed by atoms with Gasteiger partial charge in [-0.2, -0.15) is 0 Å². The molecular weight excluding hydrogens is 247 g/mol. The molecule has 0 aliphatic rings. The van der Waals surface area contributed by atoms with Crippen LogP contribution >= 0.6 is 40.1 Å². The summed E-state index contributed by atoms with van der Waals surface area (Å²) < 4.78 is 17.2. The zero-order valence-electron chi connectivity index (χ0n) is 7.99. The second kappa shape index (κ2) is 8.49. The fraction of sp³-hybridized carbons (Fsp3) is 1.00. The molecule has 0 aromatic heterocycles. The molecule has 0 radical (unpaired) electrons. The van der Waals surface area contributed by atoms with Crippen LogP contribution in [0.3, 0.4) is 0 Å². The normalized spacial score (nSPS) is 15.6. The first kappa shape index (κ1) is 14.2. The van der Waals surface area contributed by atoms with E-state index < -0.39 is 5.77 Å². The first-order chi connectivity index (χ1) is 6.18. The summed E-state index contributed by atoms with van der Waals surface area (Å²) in [6, 6.07) is 0. The Balaban J connectivity index is 3.92. The molecule has 0 saturated heterocycles. The SMILES string of the molecule is CCCSP(=O)(OCC)SCCCl. The Hall–Kier alpha value is 1.18. The van der Waals surface area contributed by atoms with Crippen LogP contribution in [0.1, 0.15) is 20.3 Å². The van der Waals surface area contributed by atoms with Crippen LogP contribution in [-0.2, 0) is 9.09 Å². The molecule has 0 amide bonds. The van der Waals surface area contributed by atoms with Gasteiger partial charge in [-0.05, 0) is 13.3 Å². The van der Waals surface area contributed by atoms with Crippen molar-refractivity contribution in [2.24, 2.45) is 0 Å². The molecule has 0 heterocycles. The summed E-state index contributed by atoms with van der Waals surface area (Å²) in [6.07, 6.45) is 1.02. The Morgan fingerprint density at radius 1 is 1.31 bits per heavy atom. The molecular formula is C7H16ClO2PS2. The van der Waals surface area contributed by atoms with E-state index in [0.29, 0.717) is 18.2 Å². The third-order valence-corrected chi connectivity index (χ3v) is 9.19. The maximum absolute atomic E-state index is 12.0. The molecule has 80 valence electrons. The Bertz CT molecular complexity index is 157. The summed E-state index contributed by atoms with van der Waals surface area (Å²) in [5.41, 5.74) is 0. The summed E-state index contributed by atoms with van der Waals surface area (Å²) in [5, 5.41) is 0. The van der Waals surface area contributed by atoms with Gasteiger partial charge in [0.05, 0.1) is 6.61 Å². The highest BCUT2D eigenvalue weighted by Gasteiger charge is 2.23. The minimum absolute atomic E-state index is 0.503. The molecule has 1 atom stereocenters. The van der Waals surface area contributed by atoms with Crippen LogP contribution in [0.4, 0.5) is 0 Å². The van der Waals surface area contributed by atoms with Crippen LogP contribution in [0.2, 0.25) is 0 Å². The van der Waals surface area contributed by atoms with Crippen molar-refractivity contribution in [3.8, 4) is 0 Å². The minimum Gasteiger partial charge on any atom is -0.314 e. The van der Waals surface area contributed by atoms with Gasteiger partial charge in [0, 0.05) is 17.4 Å². The Labute approximate surface area is 93.5 Å². The Morgan fingerprint density at radius 2 is 1.92 bits per heavy atom. The highest BCUT2D eigenvalue weighted by molar-refractivity contribution is 8.89. The number of hydrogen-bond acceptors (Lipinski definition) is 4. The van der Waals surface area contributed by atoms with Gasteiger partial charge >= 0.3 is 5.77 Å². The van der Waals surface area contributed by atoms with E-state index in [2.05, 4.69) is 6.92 Å². The summed E-state index contributed by atoms with van der Waals surface area (Å²) in [4.78, 5) is 0. The fourth-order valence-electron chi connectivity index (χ4n) is 0.619. The lowest BCUT2D eigenvalue weighted by atomic mass is 10.6. The van der Waals surface area contributed by atoms with Crippen molar-refractivity contribution in [1.82, 2.24) is 0 Å². The molecule has 6 heteroatoms. The largest absolute Gasteiger partial charge is 0.314 e. The molecule has 0 aromatic carbocycles. The van der Waals surface area contributed by atoms with Crippen LogP contribution in [0.5, 0.6) is 0 Å². The van der Waals surface area contributed by atoms with Crippen molar-refractivity contribution in [3.05, 3.63) is 0 Å². The maximum Gasteiger partial charge on any atom is 0.313 e. The molecule has 0 saturated carbocycles. The predicted octanol–water partition coefficient (Wildman–Crippen LogP) is 4.25. The molecule has 1 unspecified atom stereocenters. The van der Waals surface area contributed by atoms with Gasteiger partial charge in [0.2, 0.25) is 0 Å². The van der Waals surface area contributed by atoms with E-state index in [1.807, 2.05) is 6.92 Å². The van der Waals surface area contributed by atoms with Gasteiger partial charge in [-0.1, -0.05) is 29.7 Å². The molecule has 0 bridgehead atoms. The van der Waals surface area contributed by atoms with Crippen molar-refractivity contribution < 1.29 is 9.09 Å². The van der Waals surface area contributed by atoms with Gasteiger partial charge in [0.25, 0.3) is 0 Å². The number of rotatable bonds is 8. The third kappa shape index (κ3) is 7.15. The average molecular weight is 263 g/mol. The van der Waals surface area contributed by atoms with Gasteiger partial charge in [0.1, 0.15) is 0 Å². The highest BCUT2D eigenvalue weighted by Crippen LogP contribution is 2.69. The molecule has 13 heavy (non-hydrogen) atoms. The van der Waals surface area contributed by atoms with Crippen LogP contribution < -0.4 is 0 Å². The number of alkyl halides is 1. The zero-order chi connectivity index (χ0) is 10.2. The van der Waals surface area contributed by atoms with Gasteiger partial charge in [-0.25, -0.2) is 0 Å². The lowest BCUT2D eigenvalue weighted by molar-refractivity contribution is 0.357. The van der Waals surface area contributed by atoms with E-state index in [1.165, 1.54) is 22.8 Å². The molecule has 0 aromatic rings. The van der Waals surface area contributed by atoms with E-state index in [9.17, 15) is 4.57 Å². The topological polar surface area (TPSA) is 26.3 Å². The molecule has 0 aliphatic carbocycles. The molecule has 0 rings (SSSR count). The lowest BCUT2D eigenvalue weighted by Gasteiger charge is -2.14. The predicted molar refractivity (Wildman–Crippen MR) is 65.2 cm³/mol. The van der Waals surface area contributed by atoms with Crippen molar-refractivity contribution >= 4 is 40.1 Å².